The van der Waals surface area contributed by atoms with Gasteiger partial charge in [0, 0.05) is 29.3 Å². The second kappa shape index (κ2) is 6.93. The zero-order valence-electron chi connectivity index (χ0n) is 11.7. The number of nitrogens with zero attached hydrogens (tertiary/aromatic N) is 1. The molecule has 20 heavy (non-hydrogen) atoms. The van der Waals surface area contributed by atoms with Crippen LogP contribution in [0.25, 0.3) is 6.08 Å². The van der Waals surface area contributed by atoms with E-state index in [9.17, 15) is 4.79 Å². The van der Waals surface area contributed by atoms with E-state index in [2.05, 4.69) is 33.8 Å². The normalized spacial score (nSPS) is 15.3. The zero-order valence-corrected chi connectivity index (χ0v) is 13.3. The maximum atomic E-state index is 10.7. The molecular formula is C16H20BrNO2. The van der Waals surface area contributed by atoms with Crippen LogP contribution in [-0.4, -0.2) is 24.2 Å². The second-order valence-corrected chi connectivity index (χ2v) is 6.13. The third kappa shape index (κ3) is 3.85. The minimum Gasteiger partial charge on any atom is -0.478 e. The number of halogens is 1. The van der Waals surface area contributed by atoms with Crippen LogP contribution in [0.4, 0.5) is 5.69 Å². The summed E-state index contributed by atoms with van der Waals surface area (Å²) in [6.07, 6.45) is 6.84. The molecule has 1 aromatic rings. The molecule has 0 unspecified atom stereocenters. The predicted molar refractivity (Wildman–Crippen MR) is 86.0 cm³/mol. The van der Waals surface area contributed by atoms with E-state index in [1.54, 1.807) is 6.08 Å². The summed E-state index contributed by atoms with van der Waals surface area (Å²) >= 11 is 3.45. The van der Waals surface area contributed by atoms with Gasteiger partial charge in [0.2, 0.25) is 0 Å². The van der Waals surface area contributed by atoms with Gasteiger partial charge in [-0.15, -0.1) is 0 Å². The van der Waals surface area contributed by atoms with Gasteiger partial charge in [-0.1, -0.05) is 22.4 Å². The van der Waals surface area contributed by atoms with E-state index in [0.717, 1.165) is 34.7 Å². The van der Waals surface area contributed by atoms with Gasteiger partial charge in [0.1, 0.15) is 0 Å². The third-order valence-corrected chi connectivity index (χ3v) is 4.31. The summed E-state index contributed by atoms with van der Waals surface area (Å²) < 4.78 is 0.964. The van der Waals surface area contributed by atoms with Crippen molar-refractivity contribution in [1.29, 1.82) is 0 Å². The highest BCUT2D eigenvalue weighted by Gasteiger charge is 2.21. The lowest BCUT2D eigenvalue weighted by atomic mass is 9.85. The number of aliphatic carboxylic acids is 1. The molecule has 0 radical (unpaired) electrons. The van der Waals surface area contributed by atoms with Crippen molar-refractivity contribution >= 4 is 33.7 Å². The molecule has 0 amide bonds. The van der Waals surface area contributed by atoms with Crippen molar-refractivity contribution in [3.8, 4) is 0 Å². The Balaban J connectivity index is 2.24. The molecule has 0 heterocycles. The van der Waals surface area contributed by atoms with Gasteiger partial charge in [0.15, 0.2) is 0 Å². The summed E-state index contributed by atoms with van der Waals surface area (Å²) in [7, 11) is 0. The topological polar surface area (TPSA) is 40.5 Å². The molecule has 0 aromatic heterocycles. The van der Waals surface area contributed by atoms with E-state index in [1.807, 2.05) is 12.1 Å². The summed E-state index contributed by atoms with van der Waals surface area (Å²) in [6, 6.07) is 6.04. The molecule has 3 nitrogen and oxygen atoms in total. The zero-order chi connectivity index (χ0) is 14.5. The van der Waals surface area contributed by atoms with Gasteiger partial charge in [-0.3, -0.25) is 0 Å². The summed E-state index contributed by atoms with van der Waals surface area (Å²) in [5.41, 5.74) is 2.06. The fourth-order valence-corrected chi connectivity index (χ4v) is 2.87. The van der Waals surface area contributed by atoms with Crippen LogP contribution in [-0.2, 0) is 4.79 Å². The highest BCUT2D eigenvalue weighted by atomic mass is 79.9. The first kappa shape index (κ1) is 15.1. The molecule has 1 saturated carbocycles. The monoisotopic (exact) mass is 337 g/mol. The highest BCUT2D eigenvalue weighted by Crippen LogP contribution is 2.31. The fraction of sp³-hybridized carbons (Fsp3) is 0.438. The molecule has 1 fully saturated rings. The van der Waals surface area contributed by atoms with E-state index in [-0.39, 0.29) is 0 Å². The van der Waals surface area contributed by atoms with Gasteiger partial charge in [0.25, 0.3) is 0 Å². The standard InChI is InChI=1S/C16H20BrNO2/c1-2-18(11-12-4-3-5-12)15-8-7-14(17)10-13(15)6-9-16(19)20/h6-10,12H,2-5,11H2,1H3,(H,19,20)/b9-6+. The lowest BCUT2D eigenvalue weighted by Gasteiger charge is -2.34. The number of carboxylic acids is 1. The first-order chi connectivity index (χ1) is 9.60. The molecule has 2 rings (SSSR count). The van der Waals surface area contributed by atoms with Crippen LogP contribution in [0.5, 0.6) is 0 Å². The number of anilines is 1. The lowest BCUT2D eigenvalue weighted by molar-refractivity contribution is -0.131. The van der Waals surface area contributed by atoms with Crippen LogP contribution in [0, 0.1) is 5.92 Å². The van der Waals surface area contributed by atoms with E-state index < -0.39 is 5.97 Å². The summed E-state index contributed by atoms with van der Waals surface area (Å²) in [6.45, 7) is 4.14. The lowest BCUT2D eigenvalue weighted by Crippen LogP contribution is -2.32. The van der Waals surface area contributed by atoms with Gasteiger partial charge in [-0.2, -0.15) is 0 Å². The molecule has 0 bridgehead atoms. The second-order valence-electron chi connectivity index (χ2n) is 5.21. The molecule has 0 aliphatic heterocycles. The van der Waals surface area contributed by atoms with Gasteiger partial charge in [0.05, 0.1) is 0 Å². The van der Waals surface area contributed by atoms with Crippen molar-refractivity contribution in [2.24, 2.45) is 5.92 Å². The quantitative estimate of drug-likeness (QED) is 0.792. The fourth-order valence-electron chi connectivity index (χ4n) is 2.49. The maximum Gasteiger partial charge on any atom is 0.328 e. The Kier molecular flexibility index (Phi) is 5.24. The van der Waals surface area contributed by atoms with Crippen molar-refractivity contribution in [1.82, 2.24) is 0 Å². The largest absolute Gasteiger partial charge is 0.478 e. The minimum atomic E-state index is -0.919. The van der Waals surface area contributed by atoms with Crippen LogP contribution in [0.1, 0.15) is 31.7 Å². The van der Waals surface area contributed by atoms with Crippen molar-refractivity contribution < 1.29 is 9.90 Å². The maximum absolute atomic E-state index is 10.7. The Bertz CT molecular complexity index is 509. The average molecular weight is 338 g/mol. The Hall–Kier alpha value is -1.29. The van der Waals surface area contributed by atoms with Crippen LogP contribution < -0.4 is 4.90 Å². The average Bonchev–Trinajstić information content (AvgIpc) is 2.36. The molecule has 4 heteroatoms. The number of rotatable bonds is 6. The SMILES string of the molecule is CCN(CC1CCC1)c1ccc(Br)cc1/C=C/C(=O)O. The number of hydrogen-bond acceptors (Lipinski definition) is 2. The first-order valence-corrected chi connectivity index (χ1v) is 7.85. The Morgan fingerprint density at radius 3 is 2.80 bits per heavy atom. The molecule has 0 atom stereocenters. The number of benzene rings is 1. The van der Waals surface area contributed by atoms with Gasteiger partial charge in [-0.05, 0) is 55.5 Å². The summed E-state index contributed by atoms with van der Waals surface area (Å²) in [4.78, 5) is 13.1. The van der Waals surface area contributed by atoms with E-state index >= 15 is 0 Å². The third-order valence-electron chi connectivity index (χ3n) is 3.82. The molecule has 1 aromatic carbocycles. The van der Waals surface area contributed by atoms with Gasteiger partial charge in [-0.25, -0.2) is 4.79 Å². The van der Waals surface area contributed by atoms with Gasteiger partial charge < -0.3 is 10.0 Å². The first-order valence-electron chi connectivity index (χ1n) is 7.05. The molecule has 108 valence electrons. The van der Waals surface area contributed by atoms with E-state index in [1.165, 1.54) is 25.3 Å². The molecular weight excluding hydrogens is 318 g/mol. The van der Waals surface area contributed by atoms with E-state index in [4.69, 9.17) is 5.11 Å². The molecule has 0 saturated heterocycles. The minimum absolute atomic E-state index is 0.787. The smallest absolute Gasteiger partial charge is 0.328 e. The Morgan fingerprint density at radius 2 is 2.25 bits per heavy atom. The number of hydrogen-bond donors (Lipinski definition) is 1. The van der Waals surface area contributed by atoms with Crippen molar-refractivity contribution in [2.75, 3.05) is 18.0 Å². The van der Waals surface area contributed by atoms with Crippen LogP contribution >= 0.6 is 15.9 Å². The van der Waals surface area contributed by atoms with Gasteiger partial charge >= 0.3 is 5.97 Å². The molecule has 1 N–H and O–H groups in total. The van der Waals surface area contributed by atoms with Crippen LogP contribution in [0.2, 0.25) is 0 Å². The van der Waals surface area contributed by atoms with Crippen LogP contribution in [0.3, 0.4) is 0 Å². The number of carbonyl (C=O) groups is 1. The number of carboxylic acid groups (broad SMARTS) is 1. The molecule has 1 aliphatic carbocycles. The Labute approximate surface area is 128 Å². The van der Waals surface area contributed by atoms with E-state index in [0.29, 0.717) is 0 Å². The molecule has 1 aliphatic rings. The van der Waals surface area contributed by atoms with Crippen molar-refractivity contribution in [3.63, 3.8) is 0 Å². The molecule has 0 spiro atoms. The van der Waals surface area contributed by atoms with Crippen molar-refractivity contribution in [3.05, 3.63) is 34.3 Å². The Morgan fingerprint density at radius 1 is 1.50 bits per heavy atom. The van der Waals surface area contributed by atoms with Crippen LogP contribution in [0.15, 0.2) is 28.7 Å². The predicted octanol–water partition coefficient (Wildman–Crippen LogP) is 4.17. The van der Waals surface area contributed by atoms with Crippen molar-refractivity contribution in [2.45, 2.75) is 26.2 Å². The summed E-state index contributed by atoms with van der Waals surface area (Å²) in [5, 5.41) is 8.81. The highest BCUT2D eigenvalue weighted by molar-refractivity contribution is 9.10. The summed E-state index contributed by atoms with van der Waals surface area (Å²) in [5.74, 6) is -0.132.